The van der Waals surface area contributed by atoms with Gasteiger partial charge in [-0.1, -0.05) is 18.2 Å². The van der Waals surface area contributed by atoms with E-state index in [0.717, 1.165) is 24.3 Å². The zero-order valence-electron chi connectivity index (χ0n) is 16.7. The Kier molecular flexibility index (Phi) is 7.10. The minimum absolute atomic E-state index is 0.217. The number of benzene rings is 1. The van der Waals surface area contributed by atoms with Crippen molar-refractivity contribution in [2.45, 2.75) is 12.8 Å². The Morgan fingerprint density at radius 1 is 1.10 bits per heavy atom. The van der Waals surface area contributed by atoms with E-state index < -0.39 is 0 Å². The van der Waals surface area contributed by atoms with Crippen LogP contribution in [0.2, 0.25) is 0 Å². The molecule has 0 aliphatic heterocycles. The molecule has 0 fully saturated rings. The molecule has 7 nitrogen and oxygen atoms in total. The highest BCUT2D eigenvalue weighted by molar-refractivity contribution is 5.92. The zero-order chi connectivity index (χ0) is 20.5. The smallest absolute Gasteiger partial charge is 0.270 e. The number of ether oxygens (including phenoxy) is 1. The van der Waals surface area contributed by atoms with Crippen LogP contribution in [0.4, 0.5) is 5.82 Å². The second-order valence-corrected chi connectivity index (χ2v) is 6.61. The fourth-order valence-electron chi connectivity index (χ4n) is 2.95. The van der Waals surface area contributed by atoms with E-state index in [4.69, 9.17) is 4.74 Å². The molecule has 2 heterocycles. The van der Waals surface area contributed by atoms with Gasteiger partial charge in [-0.2, -0.15) is 0 Å². The van der Waals surface area contributed by atoms with E-state index in [2.05, 4.69) is 20.3 Å². The fraction of sp³-hybridized carbons (Fsp3) is 0.273. The van der Waals surface area contributed by atoms with Crippen molar-refractivity contribution >= 4 is 11.7 Å². The molecular weight excluding hydrogens is 366 g/mol. The molecule has 7 heteroatoms. The highest BCUT2D eigenvalue weighted by Gasteiger charge is 2.11. The van der Waals surface area contributed by atoms with E-state index in [0.29, 0.717) is 24.5 Å². The summed E-state index contributed by atoms with van der Waals surface area (Å²) in [6.45, 7) is 1.27. The summed E-state index contributed by atoms with van der Waals surface area (Å²) in [6.07, 6.45) is 6.54. The van der Waals surface area contributed by atoms with E-state index >= 15 is 0 Å². The molecule has 3 rings (SSSR count). The topological polar surface area (TPSA) is 80.2 Å². The van der Waals surface area contributed by atoms with Crippen molar-refractivity contribution in [1.29, 1.82) is 0 Å². The van der Waals surface area contributed by atoms with Crippen molar-refractivity contribution in [3.8, 4) is 5.75 Å². The number of pyridine rings is 1. The van der Waals surface area contributed by atoms with Crippen molar-refractivity contribution in [2.24, 2.45) is 0 Å². The molecule has 0 saturated heterocycles. The van der Waals surface area contributed by atoms with Gasteiger partial charge in [0.05, 0.1) is 7.11 Å². The van der Waals surface area contributed by atoms with Gasteiger partial charge in [0.25, 0.3) is 5.91 Å². The number of nitrogens with zero attached hydrogens (tertiary/aromatic N) is 4. The van der Waals surface area contributed by atoms with Gasteiger partial charge in [0, 0.05) is 38.6 Å². The predicted molar refractivity (Wildman–Crippen MR) is 112 cm³/mol. The summed E-state index contributed by atoms with van der Waals surface area (Å²) in [5, 5.41) is 2.91. The Hall–Kier alpha value is -3.48. The normalized spacial score (nSPS) is 10.4. The summed E-state index contributed by atoms with van der Waals surface area (Å²) in [6, 6.07) is 13.5. The highest BCUT2D eigenvalue weighted by Crippen LogP contribution is 2.17. The number of carbonyl (C=O) groups is 1. The highest BCUT2D eigenvalue weighted by atomic mass is 16.5. The number of hydrogen-bond donors (Lipinski definition) is 1. The number of amides is 1. The summed E-state index contributed by atoms with van der Waals surface area (Å²) in [5.74, 6) is 1.32. The molecule has 0 aliphatic carbocycles. The first-order valence-corrected chi connectivity index (χ1v) is 9.49. The molecule has 3 aromatic rings. The van der Waals surface area contributed by atoms with Gasteiger partial charge in [0.1, 0.15) is 23.6 Å². The first kappa shape index (κ1) is 20.3. The number of carbonyl (C=O) groups excluding carboxylic acids is 1. The van der Waals surface area contributed by atoms with E-state index in [9.17, 15) is 4.79 Å². The molecule has 0 bridgehead atoms. The molecule has 1 amide bonds. The van der Waals surface area contributed by atoms with E-state index in [1.165, 1.54) is 11.9 Å². The van der Waals surface area contributed by atoms with Crippen molar-refractivity contribution in [2.75, 3.05) is 32.1 Å². The average Bonchev–Trinajstić information content (AvgIpc) is 2.78. The standard InChI is InChI=1S/C22H25N5O2/c1-27(14-10-17-7-11-23-12-8-17)21-15-19(25-16-26-21)22(28)24-13-9-18-5-3-4-6-20(18)29-2/h3-8,11-12,15-16H,9-10,13-14H2,1-2H3,(H,24,28). The lowest BCUT2D eigenvalue weighted by molar-refractivity contribution is 0.0949. The van der Waals surface area contributed by atoms with Crippen molar-refractivity contribution in [1.82, 2.24) is 20.3 Å². The zero-order valence-corrected chi connectivity index (χ0v) is 16.7. The van der Waals surface area contributed by atoms with E-state index in [1.807, 2.05) is 48.3 Å². The van der Waals surface area contributed by atoms with Crippen molar-refractivity contribution < 1.29 is 9.53 Å². The van der Waals surface area contributed by atoms with E-state index in [1.54, 1.807) is 25.6 Å². The van der Waals surface area contributed by atoms with Gasteiger partial charge in [-0.15, -0.1) is 0 Å². The Morgan fingerprint density at radius 3 is 2.69 bits per heavy atom. The van der Waals surface area contributed by atoms with Crippen LogP contribution >= 0.6 is 0 Å². The Morgan fingerprint density at radius 2 is 1.90 bits per heavy atom. The maximum absolute atomic E-state index is 12.5. The molecule has 0 spiro atoms. The van der Waals surface area contributed by atoms with Crippen LogP contribution in [0, 0.1) is 0 Å². The number of likely N-dealkylation sites (N-methyl/N-ethyl adjacent to an activating group) is 1. The third-order valence-corrected chi connectivity index (χ3v) is 4.63. The Bertz CT molecular complexity index is 933. The number of para-hydroxylation sites is 1. The largest absolute Gasteiger partial charge is 0.496 e. The summed E-state index contributed by atoms with van der Waals surface area (Å²) in [4.78, 5) is 26.9. The molecule has 1 N–H and O–H groups in total. The fourth-order valence-corrected chi connectivity index (χ4v) is 2.95. The molecule has 0 unspecified atom stereocenters. The lowest BCUT2D eigenvalue weighted by Crippen LogP contribution is -2.28. The quantitative estimate of drug-likeness (QED) is 0.604. The van der Waals surface area contributed by atoms with Gasteiger partial charge in [0.15, 0.2) is 0 Å². The van der Waals surface area contributed by atoms with Crippen LogP contribution in [-0.2, 0) is 12.8 Å². The Labute approximate surface area is 170 Å². The summed E-state index contributed by atoms with van der Waals surface area (Å²) >= 11 is 0. The molecule has 0 saturated carbocycles. The molecule has 2 aromatic heterocycles. The molecule has 29 heavy (non-hydrogen) atoms. The average molecular weight is 391 g/mol. The van der Waals surface area contributed by atoms with Crippen LogP contribution in [0.3, 0.4) is 0 Å². The number of methoxy groups -OCH3 is 1. The monoisotopic (exact) mass is 391 g/mol. The maximum atomic E-state index is 12.5. The van der Waals surface area contributed by atoms with Crippen LogP contribution in [0.5, 0.6) is 5.75 Å². The van der Waals surface area contributed by atoms with Gasteiger partial charge in [-0.3, -0.25) is 9.78 Å². The second-order valence-electron chi connectivity index (χ2n) is 6.61. The lowest BCUT2D eigenvalue weighted by Gasteiger charge is -2.18. The van der Waals surface area contributed by atoms with Crippen LogP contribution in [-0.4, -0.2) is 48.1 Å². The van der Waals surface area contributed by atoms with Crippen LogP contribution in [0.15, 0.2) is 61.2 Å². The maximum Gasteiger partial charge on any atom is 0.270 e. The van der Waals surface area contributed by atoms with Gasteiger partial charge in [-0.05, 0) is 42.2 Å². The number of hydrogen-bond acceptors (Lipinski definition) is 6. The third-order valence-electron chi connectivity index (χ3n) is 4.63. The Balaban J connectivity index is 1.54. The molecule has 150 valence electrons. The third kappa shape index (κ3) is 5.75. The number of rotatable bonds is 9. The summed E-state index contributed by atoms with van der Waals surface area (Å²) in [7, 11) is 3.60. The first-order chi connectivity index (χ1) is 14.2. The number of anilines is 1. The molecule has 0 radical (unpaired) electrons. The second kappa shape index (κ2) is 10.2. The molecule has 1 aromatic carbocycles. The van der Waals surface area contributed by atoms with Gasteiger partial charge < -0.3 is 15.0 Å². The molecular formula is C22H25N5O2. The molecule has 0 atom stereocenters. The number of nitrogens with one attached hydrogen (secondary N) is 1. The molecule has 0 aliphatic rings. The van der Waals surface area contributed by atoms with Gasteiger partial charge in [-0.25, -0.2) is 9.97 Å². The SMILES string of the molecule is COc1ccccc1CCNC(=O)c1cc(N(C)CCc2ccncc2)ncn1. The van der Waals surface area contributed by atoms with Gasteiger partial charge >= 0.3 is 0 Å². The lowest BCUT2D eigenvalue weighted by atomic mass is 10.1. The first-order valence-electron chi connectivity index (χ1n) is 9.49. The predicted octanol–water partition coefficient (Wildman–Crippen LogP) is 2.53. The summed E-state index contributed by atoms with van der Waals surface area (Å²) in [5.41, 5.74) is 2.61. The van der Waals surface area contributed by atoms with Crippen LogP contribution in [0.25, 0.3) is 0 Å². The van der Waals surface area contributed by atoms with Crippen LogP contribution in [0.1, 0.15) is 21.6 Å². The minimum atomic E-state index is -0.217. The minimum Gasteiger partial charge on any atom is -0.496 e. The van der Waals surface area contributed by atoms with Crippen LogP contribution < -0.4 is 15.0 Å². The van der Waals surface area contributed by atoms with Crippen molar-refractivity contribution in [3.63, 3.8) is 0 Å². The van der Waals surface area contributed by atoms with Gasteiger partial charge in [0.2, 0.25) is 0 Å². The summed E-state index contributed by atoms with van der Waals surface area (Å²) < 4.78 is 5.34. The number of aromatic nitrogens is 3. The van der Waals surface area contributed by atoms with E-state index in [-0.39, 0.29) is 5.91 Å². The van der Waals surface area contributed by atoms with Crippen molar-refractivity contribution in [3.05, 3.63) is 78.0 Å².